The van der Waals surface area contributed by atoms with Crippen LogP contribution in [0.1, 0.15) is 12.0 Å². The Balaban J connectivity index is 1.38. The highest BCUT2D eigenvalue weighted by molar-refractivity contribution is 8.26. The second-order valence-electron chi connectivity index (χ2n) is 5.78. The topological polar surface area (TPSA) is 80.2 Å². The van der Waals surface area contributed by atoms with E-state index in [0.717, 1.165) is 17.9 Å². The highest BCUT2D eigenvalue weighted by atomic mass is 32.2. The Morgan fingerprint density at radius 1 is 1.37 bits per heavy atom. The zero-order valence-corrected chi connectivity index (χ0v) is 16.5. The molecule has 0 atom stereocenters. The molecule has 1 fully saturated rings. The Morgan fingerprint density at radius 2 is 2.22 bits per heavy atom. The zero-order chi connectivity index (χ0) is 18.8. The largest absolute Gasteiger partial charge is 0.454 e. The third kappa shape index (κ3) is 4.12. The maximum Gasteiger partial charge on any atom is 0.266 e. The van der Waals surface area contributed by atoms with Crippen molar-refractivity contribution in [2.75, 3.05) is 25.6 Å². The van der Waals surface area contributed by atoms with Crippen molar-refractivity contribution < 1.29 is 19.1 Å². The lowest BCUT2D eigenvalue weighted by molar-refractivity contribution is -0.123. The summed E-state index contributed by atoms with van der Waals surface area (Å²) in [6, 6.07) is 5.48. The Labute approximate surface area is 169 Å². The molecule has 0 aromatic heterocycles. The molecule has 1 N–H and O–H groups in total. The van der Waals surface area contributed by atoms with Crippen LogP contribution in [0.5, 0.6) is 11.5 Å². The van der Waals surface area contributed by atoms with E-state index < -0.39 is 0 Å². The molecule has 1 saturated heterocycles. The average Bonchev–Trinajstić information content (AvgIpc) is 3.36. The SMILES string of the molecule is O=C(CCN1C(=O)/C(=C\c2ccc3c(c2)OCO3)SC1=S)NC1=NCCS1. The minimum Gasteiger partial charge on any atom is -0.454 e. The van der Waals surface area contributed by atoms with Gasteiger partial charge >= 0.3 is 0 Å². The molecule has 3 aliphatic heterocycles. The van der Waals surface area contributed by atoms with E-state index in [4.69, 9.17) is 21.7 Å². The van der Waals surface area contributed by atoms with Gasteiger partial charge in [0.15, 0.2) is 16.7 Å². The van der Waals surface area contributed by atoms with Gasteiger partial charge in [0.05, 0.1) is 11.4 Å². The van der Waals surface area contributed by atoms with E-state index in [2.05, 4.69) is 10.3 Å². The first kappa shape index (κ1) is 18.3. The van der Waals surface area contributed by atoms with E-state index >= 15 is 0 Å². The van der Waals surface area contributed by atoms with Crippen molar-refractivity contribution >= 4 is 63.1 Å². The van der Waals surface area contributed by atoms with Crippen molar-refractivity contribution in [2.24, 2.45) is 4.99 Å². The van der Waals surface area contributed by atoms with Crippen LogP contribution in [-0.2, 0) is 9.59 Å². The number of benzene rings is 1. The van der Waals surface area contributed by atoms with E-state index in [0.29, 0.717) is 25.9 Å². The Hall–Kier alpha value is -2.04. The zero-order valence-electron chi connectivity index (χ0n) is 14.1. The van der Waals surface area contributed by atoms with Crippen LogP contribution in [0.2, 0.25) is 0 Å². The van der Waals surface area contributed by atoms with E-state index in [1.54, 1.807) is 6.08 Å². The number of hydrogen-bond donors (Lipinski definition) is 1. The summed E-state index contributed by atoms with van der Waals surface area (Å²) in [5, 5.41) is 3.40. The molecule has 0 radical (unpaired) electrons. The van der Waals surface area contributed by atoms with Gasteiger partial charge in [0.25, 0.3) is 5.91 Å². The summed E-state index contributed by atoms with van der Waals surface area (Å²) in [6.45, 7) is 1.17. The third-order valence-electron chi connectivity index (χ3n) is 3.96. The molecule has 3 heterocycles. The molecule has 0 spiro atoms. The van der Waals surface area contributed by atoms with E-state index in [9.17, 15) is 9.59 Å². The highest BCUT2D eigenvalue weighted by Crippen LogP contribution is 2.36. The molecule has 0 bridgehead atoms. The molecular formula is C17H15N3O4S3. The van der Waals surface area contributed by atoms with Crippen LogP contribution >= 0.6 is 35.7 Å². The Bertz CT molecular complexity index is 884. The van der Waals surface area contributed by atoms with Gasteiger partial charge in [0.1, 0.15) is 4.32 Å². The van der Waals surface area contributed by atoms with Crippen LogP contribution in [0, 0.1) is 0 Å². The predicted molar refractivity (Wildman–Crippen MR) is 110 cm³/mol. The molecule has 0 saturated carbocycles. The van der Waals surface area contributed by atoms with Crippen LogP contribution in [0.4, 0.5) is 0 Å². The van der Waals surface area contributed by atoms with Gasteiger partial charge in [-0.25, -0.2) is 0 Å². The number of nitrogens with one attached hydrogen (secondary N) is 1. The van der Waals surface area contributed by atoms with Crippen molar-refractivity contribution in [1.82, 2.24) is 10.2 Å². The van der Waals surface area contributed by atoms with Gasteiger partial charge in [-0.3, -0.25) is 19.5 Å². The van der Waals surface area contributed by atoms with Crippen molar-refractivity contribution in [3.63, 3.8) is 0 Å². The van der Waals surface area contributed by atoms with Crippen LogP contribution in [0.25, 0.3) is 6.08 Å². The summed E-state index contributed by atoms with van der Waals surface area (Å²) < 4.78 is 11.1. The Morgan fingerprint density at radius 3 is 3.04 bits per heavy atom. The molecule has 4 rings (SSSR count). The van der Waals surface area contributed by atoms with Gasteiger partial charge in [0, 0.05) is 18.7 Å². The normalized spacial score (nSPS) is 19.8. The number of amidine groups is 1. The molecule has 2 amide bonds. The molecule has 140 valence electrons. The highest BCUT2D eigenvalue weighted by Gasteiger charge is 2.32. The predicted octanol–water partition coefficient (Wildman–Crippen LogP) is 2.23. The summed E-state index contributed by atoms with van der Waals surface area (Å²) in [6.07, 6.45) is 1.94. The second kappa shape index (κ2) is 7.91. The standard InChI is InChI=1S/C17H15N3O4S3/c21-14(19-16-18-4-6-26-16)3-5-20-15(22)13(27-17(20)25)8-10-1-2-11-12(7-10)24-9-23-11/h1-2,7-8H,3-6,9H2,(H,18,19,21)/b13-8+. The molecule has 1 aromatic carbocycles. The molecule has 1 aromatic rings. The monoisotopic (exact) mass is 421 g/mol. The van der Waals surface area contributed by atoms with E-state index in [1.165, 1.54) is 28.4 Å². The molecule has 0 unspecified atom stereocenters. The number of aliphatic imine (C=N–C) groups is 1. The number of thioether (sulfide) groups is 2. The first-order valence-corrected chi connectivity index (χ1v) is 10.4. The van der Waals surface area contributed by atoms with Crippen molar-refractivity contribution in [3.05, 3.63) is 28.7 Å². The van der Waals surface area contributed by atoms with Crippen LogP contribution in [0.15, 0.2) is 28.1 Å². The number of ether oxygens (including phenoxy) is 2. The lowest BCUT2D eigenvalue weighted by Crippen LogP contribution is -2.34. The van der Waals surface area contributed by atoms with Crippen molar-refractivity contribution in [1.29, 1.82) is 0 Å². The molecule has 3 aliphatic rings. The van der Waals surface area contributed by atoms with Gasteiger partial charge in [-0.1, -0.05) is 41.8 Å². The van der Waals surface area contributed by atoms with Crippen LogP contribution in [0.3, 0.4) is 0 Å². The van der Waals surface area contributed by atoms with Gasteiger partial charge in [0.2, 0.25) is 12.7 Å². The number of rotatable bonds is 4. The lowest BCUT2D eigenvalue weighted by Gasteiger charge is -2.13. The van der Waals surface area contributed by atoms with Crippen molar-refractivity contribution in [2.45, 2.75) is 6.42 Å². The van der Waals surface area contributed by atoms with Gasteiger partial charge in [-0.05, 0) is 23.8 Å². The summed E-state index contributed by atoms with van der Waals surface area (Å²) >= 11 is 8.06. The molecule has 10 heteroatoms. The minimum atomic E-state index is -0.192. The molecule has 7 nitrogen and oxygen atoms in total. The average molecular weight is 422 g/mol. The number of carbonyl (C=O) groups excluding carboxylic acids is 2. The summed E-state index contributed by atoms with van der Waals surface area (Å²) in [7, 11) is 0. The fourth-order valence-corrected chi connectivity index (χ4v) is 4.71. The number of fused-ring (bicyclic) bond motifs is 1. The number of nitrogens with zero attached hydrogens (tertiary/aromatic N) is 2. The fraction of sp³-hybridized carbons (Fsp3) is 0.294. The second-order valence-corrected chi connectivity index (χ2v) is 8.54. The summed E-state index contributed by atoms with van der Waals surface area (Å²) in [5.41, 5.74) is 0.828. The summed E-state index contributed by atoms with van der Waals surface area (Å²) in [5.74, 6) is 1.87. The first-order valence-electron chi connectivity index (χ1n) is 8.22. The lowest BCUT2D eigenvalue weighted by atomic mass is 10.2. The molecule has 0 aliphatic carbocycles. The maximum absolute atomic E-state index is 12.6. The summed E-state index contributed by atoms with van der Waals surface area (Å²) in [4.78, 5) is 30.8. The molecule has 27 heavy (non-hydrogen) atoms. The smallest absolute Gasteiger partial charge is 0.266 e. The number of carbonyl (C=O) groups is 2. The van der Waals surface area contributed by atoms with Gasteiger partial charge in [-0.15, -0.1) is 0 Å². The minimum absolute atomic E-state index is 0.169. The Kier molecular flexibility index (Phi) is 5.37. The number of hydrogen-bond acceptors (Lipinski definition) is 8. The fourth-order valence-electron chi connectivity index (χ4n) is 2.65. The number of thiocarbonyl (C=S) groups is 1. The van der Waals surface area contributed by atoms with E-state index in [1.807, 2.05) is 18.2 Å². The third-order valence-corrected chi connectivity index (χ3v) is 6.23. The maximum atomic E-state index is 12.6. The number of amides is 2. The van der Waals surface area contributed by atoms with Gasteiger partial charge in [-0.2, -0.15) is 0 Å². The van der Waals surface area contributed by atoms with Crippen LogP contribution in [-0.4, -0.2) is 51.8 Å². The van der Waals surface area contributed by atoms with Crippen molar-refractivity contribution in [3.8, 4) is 11.5 Å². The van der Waals surface area contributed by atoms with E-state index in [-0.39, 0.29) is 31.6 Å². The quantitative estimate of drug-likeness (QED) is 0.590. The van der Waals surface area contributed by atoms with Gasteiger partial charge < -0.3 is 14.8 Å². The van der Waals surface area contributed by atoms with Crippen LogP contribution < -0.4 is 14.8 Å². The first-order chi connectivity index (χ1) is 13.1. The molecular weight excluding hydrogens is 406 g/mol.